The predicted molar refractivity (Wildman–Crippen MR) is 97.8 cm³/mol. The van der Waals surface area contributed by atoms with Crippen LogP contribution < -0.4 is 0 Å². The number of allylic oxidation sites excluding steroid dienone is 2. The van der Waals surface area contributed by atoms with Crippen LogP contribution in [0.25, 0.3) is 11.1 Å². The zero-order valence-electron chi connectivity index (χ0n) is 11.7. The highest BCUT2D eigenvalue weighted by molar-refractivity contribution is 9.13. The normalized spacial score (nSPS) is 15.4. The minimum atomic E-state index is 0.396. The maximum atomic E-state index is 3.94. The fraction of sp³-hybridized carbons (Fsp3) is 0.158. The summed E-state index contributed by atoms with van der Waals surface area (Å²) < 4.78 is 2.25. The first kappa shape index (κ1) is 14.8. The van der Waals surface area contributed by atoms with E-state index in [4.69, 9.17) is 0 Å². The summed E-state index contributed by atoms with van der Waals surface area (Å²) in [7, 11) is 0. The lowest BCUT2D eigenvalue weighted by Gasteiger charge is -2.17. The van der Waals surface area contributed by atoms with Crippen LogP contribution in [0.4, 0.5) is 0 Å². The van der Waals surface area contributed by atoms with Gasteiger partial charge in [0.1, 0.15) is 0 Å². The highest BCUT2D eigenvalue weighted by Gasteiger charge is 2.31. The standard InChI is InChI=1S/C19H16Br2/c1-3-7-14-12-9-5-6-10-13(12)16-11-17(20)19(21)15(8-4-2)18(14)16/h3-6,9-11,14H,1-2,7-8H2. The van der Waals surface area contributed by atoms with Crippen molar-refractivity contribution in [3.63, 3.8) is 0 Å². The molecule has 1 aliphatic rings. The van der Waals surface area contributed by atoms with E-state index in [1.165, 1.54) is 27.8 Å². The zero-order chi connectivity index (χ0) is 15.0. The van der Waals surface area contributed by atoms with Gasteiger partial charge in [-0.05, 0) is 78.6 Å². The Morgan fingerprint density at radius 3 is 2.52 bits per heavy atom. The third-order valence-corrected chi connectivity index (χ3v) is 6.15. The number of benzene rings is 2. The molecule has 3 rings (SSSR count). The van der Waals surface area contributed by atoms with Crippen molar-refractivity contribution in [1.29, 1.82) is 0 Å². The van der Waals surface area contributed by atoms with Crippen molar-refractivity contribution >= 4 is 31.9 Å². The van der Waals surface area contributed by atoms with Crippen molar-refractivity contribution in [2.24, 2.45) is 0 Å². The molecule has 0 N–H and O–H groups in total. The average Bonchev–Trinajstić information content (AvgIpc) is 2.79. The quantitative estimate of drug-likeness (QED) is 0.502. The summed E-state index contributed by atoms with van der Waals surface area (Å²) in [6.07, 6.45) is 5.82. The summed E-state index contributed by atoms with van der Waals surface area (Å²) in [6.45, 7) is 7.86. The average molecular weight is 404 g/mol. The van der Waals surface area contributed by atoms with Crippen LogP contribution in [0.1, 0.15) is 29.0 Å². The van der Waals surface area contributed by atoms with Crippen molar-refractivity contribution in [1.82, 2.24) is 0 Å². The van der Waals surface area contributed by atoms with Crippen molar-refractivity contribution in [2.45, 2.75) is 18.8 Å². The van der Waals surface area contributed by atoms with Crippen molar-refractivity contribution in [3.05, 3.63) is 81.3 Å². The Labute approximate surface area is 142 Å². The summed E-state index contributed by atoms with van der Waals surface area (Å²) in [6, 6.07) is 10.9. The van der Waals surface area contributed by atoms with E-state index in [9.17, 15) is 0 Å². The first-order chi connectivity index (χ1) is 10.2. The molecule has 0 aliphatic heterocycles. The molecule has 2 aromatic rings. The smallest absolute Gasteiger partial charge is 0.0356 e. The topological polar surface area (TPSA) is 0 Å². The van der Waals surface area contributed by atoms with Crippen LogP contribution in [0, 0.1) is 0 Å². The Morgan fingerprint density at radius 2 is 1.81 bits per heavy atom. The lowest BCUT2D eigenvalue weighted by molar-refractivity contribution is 0.841. The third-order valence-electron chi connectivity index (χ3n) is 4.09. The fourth-order valence-corrected chi connectivity index (χ4v) is 4.23. The number of hydrogen-bond acceptors (Lipinski definition) is 0. The second-order valence-electron chi connectivity index (χ2n) is 5.27. The molecule has 0 heterocycles. The van der Waals surface area contributed by atoms with E-state index in [0.29, 0.717) is 5.92 Å². The van der Waals surface area contributed by atoms with Gasteiger partial charge in [-0.15, -0.1) is 13.2 Å². The SMILES string of the molecule is C=CCc1c(Br)c(Br)cc2c1C(CC=C)c1ccccc1-2. The molecule has 0 aromatic heterocycles. The Hall–Kier alpha value is -1.12. The van der Waals surface area contributed by atoms with E-state index in [2.05, 4.69) is 75.3 Å². The molecule has 0 fully saturated rings. The molecule has 0 saturated carbocycles. The Morgan fingerprint density at radius 1 is 1.05 bits per heavy atom. The van der Waals surface area contributed by atoms with Gasteiger partial charge in [0.15, 0.2) is 0 Å². The summed E-state index contributed by atoms with van der Waals surface area (Å²) >= 11 is 7.42. The molecule has 106 valence electrons. The largest absolute Gasteiger partial charge is 0.103 e. The molecule has 0 radical (unpaired) electrons. The summed E-state index contributed by atoms with van der Waals surface area (Å²) in [5.41, 5.74) is 6.84. The van der Waals surface area contributed by atoms with Crippen LogP contribution in [-0.2, 0) is 6.42 Å². The minimum Gasteiger partial charge on any atom is -0.103 e. The monoisotopic (exact) mass is 402 g/mol. The third kappa shape index (κ3) is 2.35. The molecule has 0 bridgehead atoms. The van der Waals surface area contributed by atoms with E-state index in [0.717, 1.165) is 21.8 Å². The lowest BCUT2D eigenvalue weighted by Crippen LogP contribution is -2.01. The van der Waals surface area contributed by atoms with E-state index < -0.39 is 0 Å². The summed E-state index contributed by atoms with van der Waals surface area (Å²) in [5, 5.41) is 0. The van der Waals surface area contributed by atoms with Crippen LogP contribution >= 0.6 is 31.9 Å². The number of fused-ring (bicyclic) bond motifs is 3. The molecule has 0 spiro atoms. The van der Waals surface area contributed by atoms with E-state index in [1.54, 1.807) is 0 Å². The molecule has 2 aromatic carbocycles. The number of hydrogen-bond donors (Lipinski definition) is 0. The van der Waals surface area contributed by atoms with Gasteiger partial charge in [-0.1, -0.05) is 36.4 Å². The van der Waals surface area contributed by atoms with E-state index in [1.807, 2.05) is 12.2 Å². The second-order valence-corrected chi connectivity index (χ2v) is 6.92. The van der Waals surface area contributed by atoms with Crippen molar-refractivity contribution in [3.8, 4) is 11.1 Å². The van der Waals surface area contributed by atoms with E-state index >= 15 is 0 Å². The Balaban J connectivity index is 2.34. The van der Waals surface area contributed by atoms with Gasteiger partial charge < -0.3 is 0 Å². The van der Waals surface area contributed by atoms with Gasteiger partial charge >= 0.3 is 0 Å². The lowest BCUT2D eigenvalue weighted by atomic mass is 9.89. The molecule has 0 amide bonds. The van der Waals surface area contributed by atoms with Gasteiger partial charge in [-0.25, -0.2) is 0 Å². The molecular weight excluding hydrogens is 388 g/mol. The molecule has 1 aliphatic carbocycles. The van der Waals surface area contributed by atoms with Gasteiger partial charge in [0.25, 0.3) is 0 Å². The van der Waals surface area contributed by atoms with Crippen LogP contribution in [0.3, 0.4) is 0 Å². The molecule has 2 heteroatoms. The first-order valence-electron chi connectivity index (χ1n) is 7.00. The first-order valence-corrected chi connectivity index (χ1v) is 8.59. The maximum Gasteiger partial charge on any atom is 0.0356 e. The summed E-state index contributed by atoms with van der Waals surface area (Å²) in [4.78, 5) is 0. The zero-order valence-corrected chi connectivity index (χ0v) is 14.9. The van der Waals surface area contributed by atoms with Crippen LogP contribution in [0.5, 0.6) is 0 Å². The van der Waals surface area contributed by atoms with Crippen molar-refractivity contribution < 1.29 is 0 Å². The van der Waals surface area contributed by atoms with E-state index in [-0.39, 0.29) is 0 Å². The maximum absolute atomic E-state index is 3.94. The molecule has 1 unspecified atom stereocenters. The van der Waals surface area contributed by atoms with Crippen molar-refractivity contribution in [2.75, 3.05) is 0 Å². The van der Waals surface area contributed by atoms with Crippen LogP contribution in [-0.4, -0.2) is 0 Å². The molecule has 0 saturated heterocycles. The van der Waals surface area contributed by atoms with Crippen LogP contribution in [0.2, 0.25) is 0 Å². The highest BCUT2D eigenvalue weighted by atomic mass is 79.9. The molecule has 1 atom stereocenters. The van der Waals surface area contributed by atoms with Crippen LogP contribution in [0.15, 0.2) is 64.6 Å². The number of rotatable bonds is 4. The van der Waals surface area contributed by atoms with Gasteiger partial charge in [-0.3, -0.25) is 0 Å². The minimum absolute atomic E-state index is 0.396. The van der Waals surface area contributed by atoms with Gasteiger partial charge in [-0.2, -0.15) is 0 Å². The predicted octanol–water partition coefficient (Wildman–Crippen LogP) is 6.63. The second kappa shape index (κ2) is 5.94. The van der Waals surface area contributed by atoms with Gasteiger partial charge in [0.05, 0.1) is 0 Å². The summed E-state index contributed by atoms with van der Waals surface area (Å²) in [5.74, 6) is 0.396. The molecule has 0 nitrogen and oxygen atoms in total. The molecule has 21 heavy (non-hydrogen) atoms. The molecular formula is C19H16Br2. The Bertz CT molecular complexity index is 729. The number of halogens is 2. The van der Waals surface area contributed by atoms with Gasteiger partial charge in [0.2, 0.25) is 0 Å². The van der Waals surface area contributed by atoms with Gasteiger partial charge in [0, 0.05) is 14.9 Å². The highest BCUT2D eigenvalue weighted by Crippen LogP contribution is 2.51. The Kier molecular flexibility index (Phi) is 4.19. The fourth-order valence-electron chi connectivity index (χ4n) is 3.27.